The van der Waals surface area contributed by atoms with Crippen LogP contribution in [0.3, 0.4) is 0 Å². The van der Waals surface area contributed by atoms with Gasteiger partial charge in [-0.05, 0) is 121 Å². The van der Waals surface area contributed by atoms with Crippen LogP contribution >= 0.6 is 15.9 Å². The number of fused-ring (bicyclic) bond motifs is 2. The lowest BCUT2D eigenvalue weighted by Gasteiger charge is -2.28. The van der Waals surface area contributed by atoms with Crippen LogP contribution in [0.25, 0.3) is 0 Å². The smallest absolute Gasteiger partial charge is 0.161 e. The molecular weight excluding hydrogens is 740 g/mol. The SMILES string of the molecule is COc1cc2c(cc1OC)CCN=C2.COc1ccc(CCBr)cc1OC.COc1ccc(CCC2NCCc3cc(OC)c(OC)cc32)cc1OC. The molecule has 6 rings (SSSR count). The molecule has 0 amide bonds. The summed E-state index contributed by atoms with van der Waals surface area (Å²) in [5.74, 6) is 6.24. The first-order valence-corrected chi connectivity index (χ1v) is 18.7. The highest BCUT2D eigenvalue weighted by molar-refractivity contribution is 9.09. The fraction of sp³-hybridized carbons (Fsp3) is 0.405. The maximum atomic E-state index is 5.49. The molecule has 4 aromatic carbocycles. The Morgan fingerprint density at radius 1 is 0.566 bits per heavy atom. The van der Waals surface area contributed by atoms with Crippen LogP contribution in [-0.4, -0.2) is 81.5 Å². The minimum absolute atomic E-state index is 0.298. The van der Waals surface area contributed by atoms with Crippen LogP contribution < -0.4 is 43.2 Å². The van der Waals surface area contributed by atoms with Crippen molar-refractivity contribution in [3.8, 4) is 46.0 Å². The van der Waals surface area contributed by atoms with Crippen LogP contribution in [0.15, 0.2) is 65.7 Å². The maximum absolute atomic E-state index is 5.49. The summed E-state index contributed by atoms with van der Waals surface area (Å²) < 4.78 is 42.4. The molecule has 0 bridgehead atoms. The second-order valence-electron chi connectivity index (χ2n) is 12.2. The Labute approximate surface area is 322 Å². The number of rotatable bonds is 13. The van der Waals surface area contributed by atoms with Gasteiger partial charge in [-0.2, -0.15) is 0 Å². The summed E-state index contributed by atoms with van der Waals surface area (Å²) in [7, 11) is 13.3. The van der Waals surface area contributed by atoms with E-state index in [0.29, 0.717) is 6.04 Å². The highest BCUT2D eigenvalue weighted by Crippen LogP contribution is 2.37. The molecule has 4 aromatic rings. The second kappa shape index (κ2) is 21.2. The van der Waals surface area contributed by atoms with Crippen molar-refractivity contribution in [3.63, 3.8) is 0 Å². The lowest BCUT2D eigenvalue weighted by atomic mass is 9.90. The largest absolute Gasteiger partial charge is 0.493 e. The number of nitrogens with zero attached hydrogens (tertiary/aromatic N) is 1. The Kier molecular flexibility index (Phi) is 16.4. The third-order valence-corrected chi connectivity index (χ3v) is 9.59. The maximum Gasteiger partial charge on any atom is 0.161 e. The lowest BCUT2D eigenvalue weighted by molar-refractivity contribution is 0.351. The molecule has 0 spiro atoms. The number of hydrogen-bond donors (Lipinski definition) is 1. The van der Waals surface area contributed by atoms with Gasteiger partial charge in [0, 0.05) is 24.1 Å². The summed E-state index contributed by atoms with van der Waals surface area (Å²) in [5.41, 5.74) is 7.52. The Morgan fingerprint density at radius 3 is 1.60 bits per heavy atom. The summed E-state index contributed by atoms with van der Waals surface area (Å²) in [5, 5.41) is 4.59. The standard InChI is InChI=1S/C21H27NO4.C11H13NO2.C10H13BrO2/c1-23-18-8-6-14(11-19(18)24-2)5-7-17-16-13-21(26-4)20(25-3)12-15(16)9-10-22-17;1-13-10-5-8-3-4-12-7-9(8)6-11(10)14-2;1-12-9-4-3-8(5-6-11)7-10(9)13-2/h6,8,11-13,17,22H,5,7,9-10H2,1-4H3;5-7H,3-4H2,1-2H3;3-4,7H,5-6H2,1-2H3. The first-order valence-electron chi connectivity index (χ1n) is 17.6. The van der Waals surface area contributed by atoms with Crippen molar-refractivity contribution in [3.05, 3.63) is 94.0 Å². The molecule has 0 aromatic heterocycles. The monoisotopic (exact) mass is 792 g/mol. The molecule has 1 unspecified atom stereocenters. The summed E-state index contributed by atoms with van der Waals surface area (Å²) in [6, 6.07) is 20.6. The van der Waals surface area contributed by atoms with E-state index in [1.807, 2.05) is 42.6 Å². The molecular formula is C42H53BrN2O8. The highest BCUT2D eigenvalue weighted by atomic mass is 79.9. The van der Waals surface area contributed by atoms with Crippen molar-refractivity contribution in [2.45, 2.75) is 38.1 Å². The Bertz CT molecular complexity index is 1800. The van der Waals surface area contributed by atoms with E-state index in [4.69, 9.17) is 37.9 Å². The molecule has 2 aliphatic rings. The van der Waals surface area contributed by atoms with Crippen LogP contribution in [0.2, 0.25) is 0 Å². The number of nitrogens with one attached hydrogen (secondary N) is 1. The number of aryl methyl sites for hydroxylation is 2. The van der Waals surface area contributed by atoms with Gasteiger partial charge in [-0.25, -0.2) is 0 Å². The van der Waals surface area contributed by atoms with Crippen molar-refractivity contribution in [2.24, 2.45) is 4.99 Å². The molecule has 0 saturated carbocycles. The van der Waals surface area contributed by atoms with Gasteiger partial charge in [0.15, 0.2) is 46.0 Å². The zero-order valence-corrected chi connectivity index (χ0v) is 33.8. The van der Waals surface area contributed by atoms with E-state index in [9.17, 15) is 0 Å². The Morgan fingerprint density at radius 2 is 1.06 bits per heavy atom. The van der Waals surface area contributed by atoms with E-state index in [1.165, 1.54) is 27.8 Å². The van der Waals surface area contributed by atoms with Gasteiger partial charge in [0.05, 0.1) is 56.9 Å². The number of methoxy groups -OCH3 is 8. The van der Waals surface area contributed by atoms with Crippen molar-refractivity contribution >= 4 is 22.1 Å². The first-order chi connectivity index (χ1) is 25.9. The van der Waals surface area contributed by atoms with Gasteiger partial charge < -0.3 is 43.2 Å². The Hall–Kier alpha value is -4.61. The number of aliphatic imine (C=N–C) groups is 1. The third-order valence-electron chi connectivity index (χ3n) is 9.19. The molecule has 53 heavy (non-hydrogen) atoms. The van der Waals surface area contributed by atoms with E-state index in [-0.39, 0.29) is 0 Å². The summed E-state index contributed by atoms with van der Waals surface area (Å²) in [6.07, 6.45) is 6.82. The minimum atomic E-state index is 0.298. The fourth-order valence-electron chi connectivity index (χ4n) is 6.34. The molecule has 0 radical (unpaired) electrons. The van der Waals surface area contributed by atoms with Crippen molar-refractivity contribution in [1.82, 2.24) is 5.32 Å². The van der Waals surface area contributed by atoms with E-state index in [1.54, 1.807) is 56.9 Å². The summed E-state index contributed by atoms with van der Waals surface area (Å²) in [6.45, 7) is 1.83. The first kappa shape index (κ1) is 41.2. The number of alkyl halides is 1. The van der Waals surface area contributed by atoms with Gasteiger partial charge >= 0.3 is 0 Å². The van der Waals surface area contributed by atoms with Crippen molar-refractivity contribution < 1.29 is 37.9 Å². The van der Waals surface area contributed by atoms with E-state index >= 15 is 0 Å². The van der Waals surface area contributed by atoms with Crippen molar-refractivity contribution in [2.75, 3.05) is 75.3 Å². The molecule has 286 valence electrons. The average molecular weight is 794 g/mol. The van der Waals surface area contributed by atoms with Gasteiger partial charge in [0.1, 0.15) is 0 Å². The summed E-state index contributed by atoms with van der Waals surface area (Å²) in [4.78, 5) is 4.23. The molecule has 2 aliphatic heterocycles. The van der Waals surface area contributed by atoms with Gasteiger partial charge in [-0.1, -0.05) is 28.1 Å². The number of benzene rings is 4. The normalized spacial score (nSPS) is 13.8. The number of hydrogen-bond acceptors (Lipinski definition) is 10. The third kappa shape index (κ3) is 11.0. The molecule has 1 N–H and O–H groups in total. The molecule has 10 nitrogen and oxygen atoms in total. The van der Waals surface area contributed by atoms with E-state index in [0.717, 1.165) is 102 Å². The van der Waals surface area contributed by atoms with Crippen LogP contribution in [0.1, 0.15) is 45.8 Å². The van der Waals surface area contributed by atoms with Crippen LogP contribution in [0.5, 0.6) is 46.0 Å². The quantitative estimate of drug-likeness (QED) is 0.136. The van der Waals surface area contributed by atoms with Crippen LogP contribution in [0.4, 0.5) is 0 Å². The van der Waals surface area contributed by atoms with Gasteiger partial charge in [0.25, 0.3) is 0 Å². The Balaban J connectivity index is 0.000000196. The molecule has 2 heterocycles. The average Bonchev–Trinajstić information content (AvgIpc) is 3.22. The minimum Gasteiger partial charge on any atom is -0.493 e. The highest BCUT2D eigenvalue weighted by Gasteiger charge is 2.22. The van der Waals surface area contributed by atoms with E-state index in [2.05, 4.69) is 50.5 Å². The van der Waals surface area contributed by atoms with Crippen LogP contribution in [0, 0.1) is 0 Å². The lowest BCUT2D eigenvalue weighted by Crippen LogP contribution is -2.30. The molecule has 0 fully saturated rings. The predicted molar refractivity (Wildman–Crippen MR) is 215 cm³/mol. The summed E-state index contributed by atoms with van der Waals surface area (Å²) >= 11 is 3.40. The fourth-order valence-corrected chi connectivity index (χ4v) is 6.80. The topological polar surface area (TPSA) is 98.2 Å². The van der Waals surface area contributed by atoms with E-state index < -0.39 is 0 Å². The van der Waals surface area contributed by atoms with Gasteiger partial charge in [-0.15, -0.1) is 0 Å². The zero-order chi connectivity index (χ0) is 38.2. The van der Waals surface area contributed by atoms with Gasteiger partial charge in [-0.3, -0.25) is 4.99 Å². The van der Waals surface area contributed by atoms with Crippen LogP contribution in [-0.2, 0) is 25.7 Å². The number of ether oxygens (including phenoxy) is 8. The molecule has 1 atom stereocenters. The van der Waals surface area contributed by atoms with Gasteiger partial charge in [0.2, 0.25) is 0 Å². The predicted octanol–water partition coefficient (Wildman–Crippen LogP) is 7.86. The molecule has 11 heteroatoms. The zero-order valence-electron chi connectivity index (χ0n) is 32.2. The second-order valence-corrected chi connectivity index (χ2v) is 13.0. The van der Waals surface area contributed by atoms with Crippen molar-refractivity contribution in [1.29, 1.82) is 0 Å². The molecule has 0 aliphatic carbocycles. The molecule has 0 saturated heterocycles. The number of halogens is 1.